The fraction of sp³-hybridized carbons (Fsp3) is 1.00. The fourth-order valence-corrected chi connectivity index (χ4v) is 2.52. The van der Waals surface area contributed by atoms with Gasteiger partial charge in [0, 0.05) is 25.2 Å². The lowest BCUT2D eigenvalue weighted by molar-refractivity contribution is 0.156. The molecule has 1 heterocycles. The van der Waals surface area contributed by atoms with E-state index in [1.165, 1.54) is 12.8 Å². The van der Waals surface area contributed by atoms with Crippen LogP contribution in [-0.4, -0.2) is 68.2 Å². The fourth-order valence-electron chi connectivity index (χ4n) is 2.52. The van der Waals surface area contributed by atoms with Gasteiger partial charge in [-0.2, -0.15) is 0 Å². The van der Waals surface area contributed by atoms with Crippen LogP contribution < -0.4 is 11.1 Å². The summed E-state index contributed by atoms with van der Waals surface area (Å²) in [5, 5.41) is 3.71. The maximum absolute atomic E-state index is 5.97. The van der Waals surface area contributed by atoms with E-state index in [4.69, 9.17) is 5.73 Å². The summed E-state index contributed by atoms with van der Waals surface area (Å²) in [6.45, 7) is 12.0. The SMILES string of the molecule is CCN(CC)CCNC1(CN)CCN(C)CC1. The first kappa shape index (κ1) is 14.9. The van der Waals surface area contributed by atoms with Crippen LogP contribution in [0, 0.1) is 0 Å². The van der Waals surface area contributed by atoms with Gasteiger partial charge in [0.2, 0.25) is 0 Å². The van der Waals surface area contributed by atoms with Crippen molar-refractivity contribution in [3.05, 3.63) is 0 Å². The zero-order chi connectivity index (χ0) is 12.7. The molecule has 1 aliphatic heterocycles. The minimum atomic E-state index is 0.194. The highest BCUT2D eigenvalue weighted by Crippen LogP contribution is 2.19. The minimum absolute atomic E-state index is 0.194. The second-order valence-electron chi connectivity index (χ2n) is 5.24. The van der Waals surface area contributed by atoms with Crippen LogP contribution in [-0.2, 0) is 0 Å². The summed E-state index contributed by atoms with van der Waals surface area (Å²) in [6, 6.07) is 0. The van der Waals surface area contributed by atoms with Gasteiger partial charge in [-0.05, 0) is 46.1 Å². The number of piperidine rings is 1. The molecule has 0 amide bonds. The van der Waals surface area contributed by atoms with E-state index in [9.17, 15) is 0 Å². The van der Waals surface area contributed by atoms with Crippen molar-refractivity contribution < 1.29 is 0 Å². The lowest BCUT2D eigenvalue weighted by Crippen LogP contribution is -2.58. The van der Waals surface area contributed by atoms with E-state index in [2.05, 4.69) is 36.0 Å². The number of hydrogen-bond acceptors (Lipinski definition) is 4. The van der Waals surface area contributed by atoms with Crippen LogP contribution >= 0.6 is 0 Å². The molecule has 0 unspecified atom stereocenters. The van der Waals surface area contributed by atoms with E-state index >= 15 is 0 Å². The smallest absolute Gasteiger partial charge is 0.0328 e. The molecule has 0 radical (unpaired) electrons. The van der Waals surface area contributed by atoms with Gasteiger partial charge in [-0.1, -0.05) is 13.8 Å². The monoisotopic (exact) mass is 242 g/mol. The molecule has 0 aromatic heterocycles. The molecule has 102 valence electrons. The second-order valence-corrected chi connectivity index (χ2v) is 5.24. The van der Waals surface area contributed by atoms with Gasteiger partial charge in [-0.25, -0.2) is 0 Å². The number of hydrogen-bond donors (Lipinski definition) is 2. The molecule has 3 N–H and O–H groups in total. The average molecular weight is 242 g/mol. The van der Waals surface area contributed by atoms with Crippen LogP contribution in [0.4, 0.5) is 0 Å². The Balaban J connectivity index is 2.31. The predicted molar refractivity (Wildman–Crippen MR) is 74.3 cm³/mol. The van der Waals surface area contributed by atoms with Crippen molar-refractivity contribution in [1.82, 2.24) is 15.1 Å². The Morgan fingerprint density at radius 1 is 1.24 bits per heavy atom. The van der Waals surface area contributed by atoms with Crippen molar-refractivity contribution in [2.45, 2.75) is 32.2 Å². The summed E-state index contributed by atoms with van der Waals surface area (Å²) in [5.74, 6) is 0. The molecule has 0 atom stereocenters. The van der Waals surface area contributed by atoms with Crippen LogP contribution in [0.5, 0.6) is 0 Å². The average Bonchev–Trinajstić information content (AvgIpc) is 2.37. The normalized spacial score (nSPS) is 21.0. The summed E-state index contributed by atoms with van der Waals surface area (Å²) in [7, 11) is 2.19. The topological polar surface area (TPSA) is 44.5 Å². The molecule has 4 nitrogen and oxygen atoms in total. The molecule has 0 spiro atoms. The van der Waals surface area contributed by atoms with Gasteiger partial charge in [0.15, 0.2) is 0 Å². The van der Waals surface area contributed by atoms with E-state index < -0.39 is 0 Å². The highest BCUT2D eigenvalue weighted by molar-refractivity contribution is 4.93. The van der Waals surface area contributed by atoms with Crippen LogP contribution in [0.2, 0.25) is 0 Å². The van der Waals surface area contributed by atoms with E-state index in [0.29, 0.717) is 0 Å². The van der Waals surface area contributed by atoms with E-state index in [-0.39, 0.29) is 5.54 Å². The molecule has 0 aromatic carbocycles. The highest BCUT2D eigenvalue weighted by Gasteiger charge is 2.31. The van der Waals surface area contributed by atoms with Crippen molar-refractivity contribution >= 4 is 0 Å². The largest absolute Gasteiger partial charge is 0.329 e. The summed E-state index contributed by atoms with van der Waals surface area (Å²) in [5.41, 5.74) is 6.17. The van der Waals surface area contributed by atoms with E-state index in [1.807, 2.05) is 0 Å². The molecule has 1 fully saturated rings. The minimum Gasteiger partial charge on any atom is -0.329 e. The molecule has 0 saturated carbocycles. The Morgan fingerprint density at radius 3 is 2.29 bits per heavy atom. The first-order chi connectivity index (χ1) is 8.15. The van der Waals surface area contributed by atoms with Gasteiger partial charge in [0.1, 0.15) is 0 Å². The van der Waals surface area contributed by atoms with Gasteiger partial charge in [-0.3, -0.25) is 0 Å². The van der Waals surface area contributed by atoms with Crippen LogP contribution in [0.1, 0.15) is 26.7 Å². The van der Waals surface area contributed by atoms with Gasteiger partial charge in [0.05, 0.1) is 0 Å². The first-order valence-corrected chi connectivity index (χ1v) is 7.02. The molecule has 0 aromatic rings. The summed E-state index contributed by atoms with van der Waals surface area (Å²) >= 11 is 0. The Labute approximate surface area is 107 Å². The number of likely N-dealkylation sites (N-methyl/N-ethyl adjacent to an activating group) is 1. The second kappa shape index (κ2) is 7.31. The maximum atomic E-state index is 5.97. The molecule has 0 bridgehead atoms. The number of nitrogens with zero attached hydrogens (tertiary/aromatic N) is 2. The third-order valence-electron chi connectivity index (χ3n) is 4.16. The molecule has 0 aliphatic carbocycles. The Kier molecular flexibility index (Phi) is 6.41. The summed E-state index contributed by atoms with van der Waals surface area (Å²) < 4.78 is 0. The number of nitrogens with one attached hydrogen (secondary N) is 1. The van der Waals surface area contributed by atoms with Crippen LogP contribution in [0.15, 0.2) is 0 Å². The maximum Gasteiger partial charge on any atom is 0.0328 e. The van der Waals surface area contributed by atoms with Crippen LogP contribution in [0.25, 0.3) is 0 Å². The lowest BCUT2D eigenvalue weighted by Gasteiger charge is -2.41. The highest BCUT2D eigenvalue weighted by atomic mass is 15.2. The van der Waals surface area contributed by atoms with Crippen molar-refractivity contribution in [3.8, 4) is 0 Å². The molecular formula is C13H30N4. The zero-order valence-corrected chi connectivity index (χ0v) is 11.8. The first-order valence-electron chi connectivity index (χ1n) is 7.02. The van der Waals surface area contributed by atoms with Gasteiger partial charge < -0.3 is 20.9 Å². The standard InChI is InChI=1S/C13H30N4/c1-4-17(5-2)11-8-15-13(12-14)6-9-16(3)10-7-13/h15H,4-12,14H2,1-3H3. The van der Waals surface area contributed by atoms with Crippen molar-refractivity contribution in [1.29, 1.82) is 0 Å². The number of nitrogens with two attached hydrogens (primary N) is 1. The summed E-state index contributed by atoms with van der Waals surface area (Å²) in [4.78, 5) is 4.84. The Hall–Kier alpha value is -0.160. The molecule has 1 saturated heterocycles. The molecule has 4 heteroatoms. The lowest BCUT2D eigenvalue weighted by atomic mass is 9.87. The molecule has 17 heavy (non-hydrogen) atoms. The van der Waals surface area contributed by atoms with Gasteiger partial charge in [0.25, 0.3) is 0 Å². The van der Waals surface area contributed by atoms with Gasteiger partial charge >= 0.3 is 0 Å². The van der Waals surface area contributed by atoms with E-state index in [1.54, 1.807) is 0 Å². The zero-order valence-electron chi connectivity index (χ0n) is 11.8. The quantitative estimate of drug-likeness (QED) is 0.676. The van der Waals surface area contributed by atoms with Crippen molar-refractivity contribution in [2.75, 3.05) is 52.9 Å². The summed E-state index contributed by atoms with van der Waals surface area (Å²) in [6.07, 6.45) is 2.36. The van der Waals surface area contributed by atoms with Crippen molar-refractivity contribution in [3.63, 3.8) is 0 Å². The Bertz CT molecular complexity index is 196. The van der Waals surface area contributed by atoms with Crippen LogP contribution in [0.3, 0.4) is 0 Å². The van der Waals surface area contributed by atoms with Crippen molar-refractivity contribution in [2.24, 2.45) is 5.73 Å². The predicted octanol–water partition coefficient (Wildman–Crippen LogP) is 0.341. The number of likely N-dealkylation sites (tertiary alicyclic amines) is 1. The molecule has 1 rings (SSSR count). The molecule has 1 aliphatic rings. The third kappa shape index (κ3) is 4.54. The third-order valence-corrected chi connectivity index (χ3v) is 4.16. The van der Waals surface area contributed by atoms with E-state index in [0.717, 1.165) is 45.8 Å². The molecular weight excluding hydrogens is 212 g/mol. The van der Waals surface area contributed by atoms with Gasteiger partial charge in [-0.15, -0.1) is 0 Å². The Morgan fingerprint density at radius 2 is 1.82 bits per heavy atom. The number of rotatable bonds is 7.